The van der Waals surface area contributed by atoms with Crippen molar-refractivity contribution in [2.75, 3.05) is 0 Å². The van der Waals surface area contributed by atoms with Crippen molar-refractivity contribution in [2.24, 2.45) is 0 Å². The molecule has 4 aromatic rings. The highest BCUT2D eigenvalue weighted by atomic mass is 16.1. The summed E-state index contributed by atoms with van der Waals surface area (Å²) >= 11 is 0. The van der Waals surface area contributed by atoms with Crippen LogP contribution in [0.2, 0.25) is 0 Å². The first-order chi connectivity index (χ1) is 11.3. The van der Waals surface area contributed by atoms with E-state index in [1.54, 1.807) is 53.5 Å². The highest BCUT2D eigenvalue weighted by molar-refractivity contribution is 6.32. The van der Waals surface area contributed by atoms with Gasteiger partial charge in [-0.3, -0.25) is 14.0 Å². The highest BCUT2D eigenvalue weighted by Crippen LogP contribution is 2.32. The van der Waals surface area contributed by atoms with Gasteiger partial charge in [0.25, 0.3) is 0 Å². The third kappa shape index (κ3) is 1.44. The van der Waals surface area contributed by atoms with E-state index in [1.165, 1.54) is 0 Å². The van der Waals surface area contributed by atoms with Crippen LogP contribution in [0, 0.1) is 0 Å². The molecule has 0 amide bonds. The van der Waals surface area contributed by atoms with E-state index in [2.05, 4.69) is 15.2 Å². The second kappa shape index (κ2) is 4.07. The van der Waals surface area contributed by atoms with E-state index >= 15 is 0 Å². The standard InChI is InChI=1S/C17H8N4O2/c22-15-9-3-1-2-4-10(9)16(23)13-11(15)5-6-12-14(13)18-7-21-8-19-20-17(12)21/h1-8H. The van der Waals surface area contributed by atoms with Gasteiger partial charge >= 0.3 is 0 Å². The summed E-state index contributed by atoms with van der Waals surface area (Å²) in [4.78, 5) is 30.0. The molecule has 0 saturated carbocycles. The number of carbonyl (C=O) groups excluding carboxylic acids is 2. The van der Waals surface area contributed by atoms with Gasteiger partial charge in [-0.15, -0.1) is 10.2 Å². The van der Waals surface area contributed by atoms with Crippen LogP contribution < -0.4 is 0 Å². The van der Waals surface area contributed by atoms with Crippen molar-refractivity contribution in [3.63, 3.8) is 0 Å². The molecule has 1 aliphatic rings. The zero-order valence-corrected chi connectivity index (χ0v) is 11.7. The quantitative estimate of drug-likeness (QED) is 0.437. The first-order valence-corrected chi connectivity index (χ1v) is 7.05. The molecule has 0 unspecified atom stereocenters. The monoisotopic (exact) mass is 300 g/mol. The Morgan fingerprint density at radius 2 is 1.61 bits per heavy atom. The molecule has 2 aromatic heterocycles. The SMILES string of the molecule is O=C1c2ccccc2C(=O)c2c1ccc1c2ncn2cnnc12. The predicted molar refractivity (Wildman–Crippen MR) is 81.6 cm³/mol. The number of carbonyl (C=O) groups is 2. The highest BCUT2D eigenvalue weighted by Gasteiger charge is 2.31. The molecule has 0 aliphatic heterocycles. The Morgan fingerprint density at radius 1 is 0.826 bits per heavy atom. The summed E-state index contributed by atoms with van der Waals surface area (Å²) in [7, 11) is 0. The first kappa shape index (κ1) is 12.2. The average molecular weight is 300 g/mol. The minimum atomic E-state index is -0.183. The van der Waals surface area contributed by atoms with Gasteiger partial charge in [0.15, 0.2) is 17.2 Å². The average Bonchev–Trinajstić information content (AvgIpc) is 3.07. The second-order valence-electron chi connectivity index (χ2n) is 5.39. The van der Waals surface area contributed by atoms with E-state index in [1.807, 2.05) is 0 Å². The van der Waals surface area contributed by atoms with Gasteiger partial charge in [-0.25, -0.2) is 4.98 Å². The van der Waals surface area contributed by atoms with E-state index in [0.29, 0.717) is 38.8 Å². The molecule has 2 heterocycles. The summed E-state index contributed by atoms with van der Waals surface area (Å²) in [5, 5.41) is 8.61. The molecule has 1 aliphatic carbocycles. The summed E-state index contributed by atoms with van der Waals surface area (Å²) in [6.07, 6.45) is 3.10. The number of hydrogen-bond acceptors (Lipinski definition) is 5. The molecule has 6 heteroatoms. The van der Waals surface area contributed by atoms with Crippen LogP contribution in [-0.4, -0.2) is 31.1 Å². The Labute approximate surface area is 129 Å². The zero-order chi connectivity index (χ0) is 15.6. The second-order valence-corrected chi connectivity index (χ2v) is 5.39. The van der Waals surface area contributed by atoms with Gasteiger partial charge < -0.3 is 0 Å². The summed E-state index contributed by atoms with van der Waals surface area (Å²) < 4.78 is 1.68. The van der Waals surface area contributed by atoms with Crippen LogP contribution in [0.4, 0.5) is 0 Å². The van der Waals surface area contributed by atoms with Crippen molar-refractivity contribution < 1.29 is 9.59 Å². The Kier molecular flexibility index (Phi) is 2.15. The number of ketones is 2. The maximum atomic E-state index is 12.9. The van der Waals surface area contributed by atoms with Gasteiger partial charge in [0.1, 0.15) is 12.7 Å². The lowest BCUT2D eigenvalue weighted by Gasteiger charge is -2.18. The third-order valence-corrected chi connectivity index (χ3v) is 4.19. The molecule has 0 spiro atoms. The fourth-order valence-electron chi connectivity index (χ4n) is 3.12. The van der Waals surface area contributed by atoms with Crippen molar-refractivity contribution in [3.8, 4) is 0 Å². The molecule has 0 radical (unpaired) electrons. The lowest BCUT2D eigenvalue weighted by molar-refractivity contribution is 0.0980. The first-order valence-electron chi connectivity index (χ1n) is 7.05. The van der Waals surface area contributed by atoms with Crippen LogP contribution in [0.25, 0.3) is 16.6 Å². The Hall–Kier alpha value is -3.41. The van der Waals surface area contributed by atoms with Crippen molar-refractivity contribution in [3.05, 3.63) is 71.3 Å². The zero-order valence-electron chi connectivity index (χ0n) is 11.7. The summed E-state index contributed by atoms with van der Waals surface area (Å²) in [5.74, 6) is -0.336. The van der Waals surface area contributed by atoms with Crippen LogP contribution in [0.15, 0.2) is 49.1 Å². The molecule has 0 fully saturated rings. The van der Waals surface area contributed by atoms with Crippen LogP contribution >= 0.6 is 0 Å². The van der Waals surface area contributed by atoms with Gasteiger partial charge in [-0.1, -0.05) is 24.3 Å². The molecule has 0 bridgehead atoms. The van der Waals surface area contributed by atoms with E-state index < -0.39 is 0 Å². The maximum absolute atomic E-state index is 12.9. The Balaban J connectivity index is 1.94. The van der Waals surface area contributed by atoms with E-state index in [0.717, 1.165) is 0 Å². The van der Waals surface area contributed by atoms with Crippen molar-refractivity contribution in [1.82, 2.24) is 19.6 Å². The number of hydrogen-bond donors (Lipinski definition) is 0. The van der Waals surface area contributed by atoms with E-state index in [9.17, 15) is 9.59 Å². The predicted octanol–water partition coefficient (Wildman–Crippen LogP) is 2.05. The molecular formula is C17H8N4O2. The molecule has 108 valence electrons. The molecule has 23 heavy (non-hydrogen) atoms. The van der Waals surface area contributed by atoms with E-state index in [4.69, 9.17) is 0 Å². The van der Waals surface area contributed by atoms with Gasteiger partial charge in [0.05, 0.1) is 11.1 Å². The summed E-state index contributed by atoms with van der Waals surface area (Å²) in [5.41, 5.74) is 2.68. The molecular weight excluding hydrogens is 292 g/mol. The van der Waals surface area contributed by atoms with Crippen molar-refractivity contribution in [2.45, 2.75) is 0 Å². The third-order valence-electron chi connectivity index (χ3n) is 4.19. The van der Waals surface area contributed by atoms with Gasteiger partial charge in [-0.2, -0.15) is 0 Å². The van der Waals surface area contributed by atoms with Crippen molar-refractivity contribution in [1.29, 1.82) is 0 Å². The fraction of sp³-hybridized carbons (Fsp3) is 0. The van der Waals surface area contributed by atoms with Gasteiger partial charge in [0.2, 0.25) is 0 Å². The lowest BCUT2D eigenvalue weighted by atomic mass is 9.83. The number of benzene rings is 2. The number of fused-ring (bicyclic) bond motifs is 6. The van der Waals surface area contributed by atoms with Gasteiger partial charge in [0, 0.05) is 22.1 Å². The molecule has 0 N–H and O–H groups in total. The van der Waals surface area contributed by atoms with Crippen LogP contribution in [0.3, 0.4) is 0 Å². The molecule has 2 aromatic carbocycles. The van der Waals surface area contributed by atoms with Crippen LogP contribution in [-0.2, 0) is 0 Å². The minimum Gasteiger partial charge on any atom is -0.289 e. The van der Waals surface area contributed by atoms with Crippen LogP contribution in [0.1, 0.15) is 31.8 Å². The van der Waals surface area contributed by atoms with Crippen LogP contribution in [0.5, 0.6) is 0 Å². The molecule has 0 saturated heterocycles. The minimum absolute atomic E-state index is 0.153. The molecule has 0 atom stereocenters. The normalized spacial score (nSPS) is 13.4. The Bertz CT molecular complexity index is 1160. The molecule has 6 nitrogen and oxygen atoms in total. The van der Waals surface area contributed by atoms with Gasteiger partial charge in [-0.05, 0) is 12.1 Å². The topological polar surface area (TPSA) is 77.2 Å². The number of nitrogens with zero attached hydrogens (tertiary/aromatic N) is 4. The molecule has 5 rings (SSSR count). The Morgan fingerprint density at radius 3 is 2.43 bits per heavy atom. The largest absolute Gasteiger partial charge is 0.289 e. The van der Waals surface area contributed by atoms with Crippen molar-refractivity contribution >= 4 is 28.1 Å². The fourth-order valence-corrected chi connectivity index (χ4v) is 3.12. The lowest BCUT2D eigenvalue weighted by Crippen LogP contribution is -2.21. The van der Waals surface area contributed by atoms with E-state index in [-0.39, 0.29) is 11.6 Å². The smallest absolute Gasteiger partial charge is 0.196 e. The maximum Gasteiger partial charge on any atom is 0.196 e. The summed E-state index contributed by atoms with van der Waals surface area (Å²) in [6, 6.07) is 10.3. The number of aromatic nitrogens is 4. The number of rotatable bonds is 0. The summed E-state index contributed by atoms with van der Waals surface area (Å²) in [6.45, 7) is 0.